The smallest absolute Gasteiger partial charge is 0.324 e. The van der Waals surface area contributed by atoms with Crippen molar-refractivity contribution in [2.24, 2.45) is 0 Å². The highest BCUT2D eigenvalue weighted by Gasteiger charge is 2.20. The van der Waals surface area contributed by atoms with Crippen LogP contribution in [0.5, 0.6) is 0 Å². The van der Waals surface area contributed by atoms with Crippen LogP contribution in [0.25, 0.3) is 0 Å². The van der Waals surface area contributed by atoms with Crippen molar-refractivity contribution in [1.82, 2.24) is 9.80 Å². The van der Waals surface area contributed by atoms with Gasteiger partial charge >= 0.3 is 7.60 Å². The number of unbranched alkanes of at least 4 members (excludes halogenated alkanes) is 13. The Hall–Kier alpha value is 0.0700. The van der Waals surface area contributed by atoms with Gasteiger partial charge < -0.3 is 9.79 Å². The molecule has 28 heavy (non-hydrogen) atoms. The lowest BCUT2D eigenvalue weighted by Crippen LogP contribution is -2.27. The van der Waals surface area contributed by atoms with Gasteiger partial charge in [-0.1, -0.05) is 90.4 Å². The third-order valence-corrected chi connectivity index (χ3v) is 6.78. The van der Waals surface area contributed by atoms with Crippen molar-refractivity contribution in [2.75, 3.05) is 39.0 Å². The Morgan fingerprint density at radius 1 is 0.643 bits per heavy atom. The zero-order valence-electron chi connectivity index (χ0n) is 18.5. The molecule has 0 radical (unpaired) electrons. The maximum absolute atomic E-state index is 10.9. The first kappa shape index (κ1) is 26.1. The molecule has 0 atom stereocenters. The first-order valence-electron chi connectivity index (χ1n) is 12.0. The van der Waals surface area contributed by atoms with Crippen LogP contribution in [0.4, 0.5) is 0 Å². The van der Waals surface area contributed by atoms with E-state index in [0.717, 1.165) is 26.3 Å². The summed E-state index contributed by atoms with van der Waals surface area (Å²) in [7, 11) is -3.82. The average molecular weight is 419 g/mol. The fraction of sp³-hybridized carbons (Fsp3) is 1.00. The molecule has 0 amide bonds. The Bertz CT molecular complexity index is 403. The second kappa shape index (κ2) is 16.8. The lowest BCUT2D eigenvalue weighted by molar-refractivity contribution is 0.241. The van der Waals surface area contributed by atoms with Crippen LogP contribution in [0.15, 0.2) is 0 Å². The van der Waals surface area contributed by atoms with Crippen molar-refractivity contribution in [3.63, 3.8) is 0 Å². The van der Waals surface area contributed by atoms with Gasteiger partial charge in [-0.15, -0.1) is 0 Å². The van der Waals surface area contributed by atoms with Gasteiger partial charge in [-0.25, -0.2) is 0 Å². The summed E-state index contributed by atoms with van der Waals surface area (Å²) in [4.78, 5) is 22.6. The normalized spacial score (nSPS) is 16.2. The number of hydrogen-bond acceptors (Lipinski definition) is 3. The van der Waals surface area contributed by atoms with Gasteiger partial charge in [0.1, 0.15) is 0 Å². The summed E-state index contributed by atoms with van der Waals surface area (Å²) in [5, 5.41) is 0. The Morgan fingerprint density at radius 2 is 1.04 bits per heavy atom. The molecule has 2 N–H and O–H groups in total. The Balaban J connectivity index is 1.80. The molecule has 1 aliphatic heterocycles. The van der Waals surface area contributed by atoms with Gasteiger partial charge in [-0.05, 0) is 19.4 Å². The molecule has 0 aromatic heterocycles. The molecule has 5 nitrogen and oxygen atoms in total. The van der Waals surface area contributed by atoms with E-state index >= 15 is 0 Å². The predicted molar refractivity (Wildman–Crippen MR) is 120 cm³/mol. The third kappa shape index (κ3) is 15.9. The first-order valence-corrected chi connectivity index (χ1v) is 13.8. The number of hydrogen-bond donors (Lipinski definition) is 2. The summed E-state index contributed by atoms with van der Waals surface area (Å²) in [5.41, 5.74) is 0. The van der Waals surface area contributed by atoms with Crippen LogP contribution in [-0.2, 0) is 4.57 Å². The summed E-state index contributed by atoms with van der Waals surface area (Å²) >= 11 is 0. The van der Waals surface area contributed by atoms with E-state index in [1.54, 1.807) is 0 Å². The van der Waals surface area contributed by atoms with Crippen molar-refractivity contribution >= 4 is 7.60 Å². The van der Waals surface area contributed by atoms with Gasteiger partial charge in [0, 0.05) is 19.6 Å². The zero-order valence-corrected chi connectivity index (χ0v) is 19.4. The summed E-state index contributed by atoms with van der Waals surface area (Å²) < 4.78 is 10.9. The fourth-order valence-electron chi connectivity index (χ4n) is 4.10. The molecule has 1 saturated heterocycles. The second-order valence-electron chi connectivity index (χ2n) is 8.72. The van der Waals surface area contributed by atoms with E-state index in [4.69, 9.17) is 9.79 Å². The van der Waals surface area contributed by atoms with Crippen molar-refractivity contribution in [2.45, 2.75) is 103 Å². The molecule has 0 saturated carbocycles. The molecule has 1 aliphatic rings. The predicted octanol–water partition coefficient (Wildman–Crippen LogP) is 5.61. The largest absolute Gasteiger partial charge is 0.325 e. The van der Waals surface area contributed by atoms with Gasteiger partial charge in [0.15, 0.2) is 0 Å². The number of nitrogens with zero attached hydrogens (tertiary/aromatic N) is 2. The molecular formula is C22H47N2O3P. The minimum atomic E-state index is -3.82. The molecule has 1 heterocycles. The van der Waals surface area contributed by atoms with Gasteiger partial charge in [-0.2, -0.15) is 0 Å². The summed E-state index contributed by atoms with van der Waals surface area (Å²) in [6, 6.07) is 0. The van der Waals surface area contributed by atoms with Gasteiger partial charge in [0.25, 0.3) is 0 Å². The van der Waals surface area contributed by atoms with E-state index in [0.29, 0.717) is 6.42 Å². The summed E-state index contributed by atoms with van der Waals surface area (Å²) in [6.45, 7) is 7.38. The summed E-state index contributed by atoms with van der Waals surface area (Å²) in [6.07, 6.45) is 20.2. The molecule has 0 aromatic carbocycles. The molecule has 0 aromatic rings. The van der Waals surface area contributed by atoms with Crippen molar-refractivity contribution in [3.8, 4) is 0 Å². The van der Waals surface area contributed by atoms with E-state index in [1.165, 1.54) is 96.4 Å². The maximum atomic E-state index is 10.9. The number of rotatable bonds is 19. The highest BCUT2D eigenvalue weighted by molar-refractivity contribution is 7.51. The second-order valence-corrected chi connectivity index (χ2v) is 10.5. The lowest BCUT2D eigenvalue weighted by atomic mass is 10.0. The highest BCUT2D eigenvalue weighted by atomic mass is 31.2. The molecular weight excluding hydrogens is 371 g/mol. The van der Waals surface area contributed by atoms with Crippen molar-refractivity contribution < 1.29 is 14.4 Å². The van der Waals surface area contributed by atoms with Gasteiger partial charge in [0.05, 0.1) is 12.8 Å². The van der Waals surface area contributed by atoms with Gasteiger partial charge in [-0.3, -0.25) is 14.4 Å². The van der Waals surface area contributed by atoms with Gasteiger partial charge in [0.2, 0.25) is 0 Å². The monoisotopic (exact) mass is 418 g/mol. The minimum absolute atomic E-state index is 0.0163. The van der Waals surface area contributed by atoms with Crippen LogP contribution in [0.2, 0.25) is 0 Å². The average Bonchev–Trinajstić information content (AvgIpc) is 3.08. The van der Waals surface area contributed by atoms with Crippen LogP contribution in [0.1, 0.15) is 103 Å². The lowest BCUT2D eigenvalue weighted by Gasteiger charge is -2.18. The Morgan fingerprint density at radius 3 is 1.46 bits per heavy atom. The van der Waals surface area contributed by atoms with Crippen LogP contribution >= 0.6 is 7.60 Å². The first-order chi connectivity index (χ1) is 13.5. The zero-order chi connectivity index (χ0) is 20.5. The standard InChI is InChI=1S/C22H47N2O3P/c1-2-3-4-5-6-7-8-9-10-11-12-13-14-15-17-23-19-20-24(22-23)18-16-21-28(25,26)27/h2-22H2,1H3,(H2,25,26,27). The van der Waals surface area contributed by atoms with Crippen molar-refractivity contribution in [1.29, 1.82) is 0 Å². The van der Waals surface area contributed by atoms with E-state index in [2.05, 4.69) is 16.7 Å². The molecule has 6 heteroatoms. The third-order valence-electron chi connectivity index (χ3n) is 5.88. The molecule has 168 valence electrons. The quantitative estimate of drug-likeness (QED) is 0.211. The molecule has 1 fully saturated rings. The molecule has 0 bridgehead atoms. The van der Waals surface area contributed by atoms with E-state index < -0.39 is 7.60 Å². The van der Waals surface area contributed by atoms with Crippen LogP contribution in [-0.4, -0.2) is 58.6 Å². The topological polar surface area (TPSA) is 64.0 Å². The highest BCUT2D eigenvalue weighted by Crippen LogP contribution is 2.34. The van der Waals surface area contributed by atoms with Crippen molar-refractivity contribution in [3.05, 3.63) is 0 Å². The molecule has 1 rings (SSSR count). The maximum Gasteiger partial charge on any atom is 0.325 e. The Kier molecular flexibility index (Phi) is 15.7. The molecule has 0 aliphatic carbocycles. The van der Waals surface area contributed by atoms with E-state index in [1.807, 2.05) is 0 Å². The van der Waals surface area contributed by atoms with Crippen LogP contribution in [0.3, 0.4) is 0 Å². The minimum Gasteiger partial charge on any atom is -0.324 e. The molecule has 0 spiro atoms. The Labute approximate surface area is 174 Å². The van der Waals surface area contributed by atoms with Crippen LogP contribution in [0, 0.1) is 0 Å². The molecule has 0 unspecified atom stereocenters. The van der Waals surface area contributed by atoms with Crippen LogP contribution < -0.4 is 0 Å². The van der Waals surface area contributed by atoms with E-state index in [-0.39, 0.29) is 6.16 Å². The SMILES string of the molecule is CCCCCCCCCCCCCCCCN1CCN(CCCP(=O)(O)O)C1. The summed E-state index contributed by atoms with van der Waals surface area (Å²) in [5.74, 6) is 0. The van der Waals surface area contributed by atoms with E-state index in [9.17, 15) is 4.57 Å². The fourth-order valence-corrected chi connectivity index (χ4v) is 4.66.